The van der Waals surface area contributed by atoms with Gasteiger partial charge in [-0.3, -0.25) is 0 Å². The maximum atomic E-state index is 3.50. The first-order valence-electron chi connectivity index (χ1n) is 7.36. The molecule has 1 N–H and O–H groups in total. The zero-order chi connectivity index (χ0) is 12.5. The van der Waals surface area contributed by atoms with E-state index >= 15 is 0 Å². The Morgan fingerprint density at radius 1 is 1.12 bits per heavy atom. The molecule has 0 aromatic heterocycles. The van der Waals surface area contributed by atoms with Crippen LogP contribution in [-0.4, -0.2) is 37.6 Å². The van der Waals surface area contributed by atoms with Crippen LogP contribution in [0.4, 0.5) is 0 Å². The first-order valence-corrected chi connectivity index (χ1v) is 7.36. The molecule has 2 heteroatoms. The van der Waals surface area contributed by atoms with E-state index in [9.17, 15) is 0 Å². The molecule has 17 heavy (non-hydrogen) atoms. The van der Waals surface area contributed by atoms with E-state index in [1.807, 2.05) is 0 Å². The van der Waals surface area contributed by atoms with Crippen molar-refractivity contribution < 1.29 is 0 Å². The van der Waals surface area contributed by atoms with Crippen molar-refractivity contribution in [2.75, 3.05) is 26.7 Å². The van der Waals surface area contributed by atoms with Crippen LogP contribution in [0.3, 0.4) is 0 Å². The van der Waals surface area contributed by atoms with Crippen molar-refractivity contribution in [3.8, 4) is 0 Å². The van der Waals surface area contributed by atoms with Gasteiger partial charge >= 0.3 is 0 Å². The minimum absolute atomic E-state index is 0.478. The molecule has 2 unspecified atom stereocenters. The number of nitrogens with one attached hydrogen (secondary N) is 1. The fraction of sp³-hybridized carbons (Fsp3) is 1.00. The number of piperidine rings is 1. The molecular formula is C15H30N2. The standard InChI is InChI=1S/C15H30N2/c1-15(2,3)8-13-7-14(16-4)11-17(10-13)9-12-5-6-12/h12-14,16H,5-11H2,1-4H3. The summed E-state index contributed by atoms with van der Waals surface area (Å²) in [7, 11) is 2.12. The molecular weight excluding hydrogens is 208 g/mol. The molecule has 0 bridgehead atoms. The van der Waals surface area contributed by atoms with Gasteiger partial charge in [0.2, 0.25) is 0 Å². The van der Waals surface area contributed by atoms with Gasteiger partial charge in [-0.05, 0) is 50.0 Å². The lowest BCUT2D eigenvalue weighted by Gasteiger charge is -2.40. The van der Waals surface area contributed by atoms with Crippen LogP contribution in [0.15, 0.2) is 0 Å². The van der Waals surface area contributed by atoms with Crippen LogP contribution in [0.2, 0.25) is 0 Å². The van der Waals surface area contributed by atoms with Crippen LogP contribution < -0.4 is 5.32 Å². The van der Waals surface area contributed by atoms with Crippen molar-refractivity contribution in [3.05, 3.63) is 0 Å². The summed E-state index contributed by atoms with van der Waals surface area (Å²) in [6, 6.07) is 0.717. The third-order valence-corrected chi connectivity index (χ3v) is 4.14. The predicted molar refractivity (Wildman–Crippen MR) is 74.2 cm³/mol. The Labute approximate surface area is 107 Å². The van der Waals surface area contributed by atoms with Crippen molar-refractivity contribution in [1.29, 1.82) is 0 Å². The van der Waals surface area contributed by atoms with E-state index in [1.54, 1.807) is 0 Å². The molecule has 0 amide bonds. The summed E-state index contributed by atoms with van der Waals surface area (Å²) in [4.78, 5) is 2.72. The Hall–Kier alpha value is -0.0800. The van der Waals surface area contributed by atoms with E-state index in [1.165, 1.54) is 45.3 Å². The van der Waals surface area contributed by atoms with Gasteiger partial charge in [-0.25, -0.2) is 0 Å². The molecule has 2 aliphatic rings. The third-order valence-electron chi connectivity index (χ3n) is 4.14. The van der Waals surface area contributed by atoms with Crippen LogP contribution in [0.25, 0.3) is 0 Å². The van der Waals surface area contributed by atoms with Crippen LogP contribution in [-0.2, 0) is 0 Å². The summed E-state index contributed by atoms with van der Waals surface area (Å²) in [5, 5.41) is 3.50. The quantitative estimate of drug-likeness (QED) is 0.810. The van der Waals surface area contributed by atoms with Gasteiger partial charge < -0.3 is 10.2 Å². The minimum atomic E-state index is 0.478. The van der Waals surface area contributed by atoms with Gasteiger partial charge in [0.25, 0.3) is 0 Å². The largest absolute Gasteiger partial charge is 0.316 e. The summed E-state index contributed by atoms with van der Waals surface area (Å²) < 4.78 is 0. The Balaban J connectivity index is 1.87. The highest BCUT2D eigenvalue weighted by Gasteiger charge is 2.32. The average Bonchev–Trinajstić information content (AvgIpc) is 2.98. The number of rotatable bonds is 4. The average molecular weight is 238 g/mol. The van der Waals surface area contributed by atoms with Gasteiger partial charge in [0.1, 0.15) is 0 Å². The summed E-state index contributed by atoms with van der Waals surface area (Å²) >= 11 is 0. The second kappa shape index (κ2) is 5.27. The monoisotopic (exact) mass is 238 g/mol. The van der Waals surface area contributed by atoms with Gasteiger partial charge in [-0.2, -0.15) is 0 Å². The van der Waals surface area contributed by atoms with Crippen molar-refractivity contribution in [3.63, 3.8) is 0 Å². The number of hydrogen-bond acceptors (Lipinski definition) is 2. The zero-order valence-corrected chi connectivity index (χ0v) is 12.1. The molecule has 0 spiro atoms. The van der Waals surface area contributed by atoms with Gasteiger partial charge in [0, 0.05) is 25.7 Å². The minimum Gasteiger partial charge on any atom is -0.316 e. The predicted octanol–water partition coefficient (Wildman–Crippen LogP) is 2.74. The lowest BCUT2D eigenvalue weighted by Crippen LogP contribution is -2.49. The summed E-state index contributed by atoms with van der Waals surface area (Å²) in [6.45, 7) is 11.1. The zero-order valence-electron chi connectivity index (χ0n) is 12.1. The lowest BCUT2D eigenvalue weighted by molar-refractivity contribution is 0.113. The summed E-state index contributed by atoms with van der Waals surface area (Å²) in [6.07, 6.45) is 5.69. The van der Waals surface area contributed by atoms with Crippen LogP contribution >= 0.6 is 0 Å². The van der Waals surface area contributed by atoms with E-state index in [2.05, 4.69) is 38.0 Å². The fourth-order valence-corrected chi connectivity index (χ4v) is 3.34. The molecule has 2 nitrogen and oxygen atoms in total. The molecule has 0 aromatic carbocycles. The van der Waals surface area contributed by atoms with Gasteiger partial charge in [0.15, 0.2) is 0 Å². The van der Waals surface area contributed by atoms with Crippen LogP contribution in [0.1, 0.15) is 46.5 Å². The maximum absolute atomic E-state index is 3.50. The van der Waals surface area contributed by atoms with E-state index < -0.39 is 0 Å². The molecule has 2 rings (SSSR count). The number of nitrogens with zero attached hydrogens (tertiary/aromatic N) is 1. The number of likely N-dealkylation sites (tertiary alicyclic amines) is 1. The molecule has 1 heterocycles. The molecule has 1 saturated carbocycles. The molecule has 2 atom stereocenters. The first-order chi connectivity index (χ1) is 7.96. The van der Waals surface area contributed by atoms with E-state index in [0.717, 1.165) is 17.9 Å². The summed E-state index contributed by atoms with van der Waals surface area (Å²) in [5.41, 5.74) is 0.478. The van der Waals surface area contributed by atoms with Crippen molar-refractivity contribution >= 4 is 0 Å². The molecule has 2 fully saturated rings. The molecule has 0 aromatic rings. The van der Waals surface area contributed by atoms with E-state index in [4.69, 9.17) is 0 Å². The second-order valence-electron chi connectivity index (χ2n) is 7.51. The Kier molecular flexibility index (Phi) is 4.14. The van der Waals surface area contributed by atoms with Crippen LogP contribution in [0, 0.1) is 17.3 Å². The van der Waals surface area contributed by atoms with Crippen molar-refractivity contribution in [1.82, 2.24) is 10.2 Å². The fourth-order valence-electron chi connectivity index (χ4n) is 3.34. The lowest BCUT2D eigenvalue weighted by atomic mass is 9.80. The Morgan fingerprint density at radius 3 is 2.35 bits per heavy atom. The normalized spacial score (nSPS) is 31.8. The third kappa shape index (κ3) is 4.59. The van der Waals surface area contributed by atoms with Gasteiger partial charge in [0.05, 0.1) is 0 Å². The highest BCUT2D eigenvalue weighted by molar-refractivity contribution is 4.87. The summed E-state index contributed by atoms with van der Waals surface area (Å²) in [5.74, 6) is 1.92. The molecule has 1 aliphatic carbocycles. The van der Waals surface area contributed by atoms with Gasteiger partial charge in [-0.15, -0.1) is 0 Å². The second-order valence-corrected chi connectivity index (χ2v) is 7.51. The maximum Gasteiger partial charge on any atom is 0.0195 e. The van der Waals surface area contributed by atoms with Crippen LogP contribution in [0.5, 0.6) is 0 Å². The van der Waals surface area contributed by atoms with E-state index in [0.29, 0.717) is 5.41 Å². The molecule has 1 saturated heterocycles. The van der Waals surface area contributed by atoms with Crippen molar-refractivity contribution in [2.45, 2.75) is 52.5 Å². The first kappa shape index (κ1) is 13.4. The number of likely N-dealkylation sites (N-methyl/N-ethyl adjacent to an activating group) is 1. The molecule has 0 radical (unpaired) electrons. The molecule has 1 aliphatic heterocycles. The van der Waals surface area contributed by atoms with Gasteiger partial charge in [-0.1, -0.05) is 20.8 Å². The van der Waals surface area contributed by atoms with Crippen molar-refractivity contribution in [2.24, 2.45) is 17.3 Å². The molecule has 100 valence electrons. The highest BCUT2D eigenvalue weighted by atomic mass is 15.2. The smallest absolute Gasteiger partial charge is 0.0195 e. The van der Waals surface area contributed by atoms with E-state index in [-0.39, 0.29) is 0 Å². The number of hydrogen-bond donors (Lipinski definition) is 1. The Bertz CT molecular complexity index is 240. The topological polar surface area (TPSA) is 15.3 Å². The Morgan fingerprint density at radius 2 is 1.82 bits per heavy atom. The SMILES string of the molecule is CNC1CC(CC(C)(C)C)CN(CC2CC2)C1. The highest BCUT2D eigenvalue weighted by Crippen LogP contribution is 2.34.